The molecule has 0 radical (unpaired) electrons. The summed E-state index contributed by atoms with van der Waals surface area (Å²) in [5.74, 6) is -2.22. The van der Waals surface area contributed by atoms with E-state index < -0.39 is 55.0 Å². The summed E-state index contributed by atoms with van der Waals surface area (Å²) in [5, 5.41) is 11.1. The molecule has 1 N–H and O–H groups in total. The molecule has 13 nitrogen and oxygen atoms in total. The molecule has 54 heavy (non-hydrogen) atoms. The fraction of sp³-hybridized carbons (Fsp3) is 0.317. The van der Waals surface area contributed by atoms with Crippen molar-refractivity contribution in [3.05, 3.63) is 96.6 Å². The zero-order chi connectivity index (χ0) is 37.9. The van der Waals surface area contributed by atoms with Crippen LogP contribution in [0, 0.1) is 0 Å². The monoisotopic (exact) mass is 734 g/mol. The fourth-order valence-corrected chi connectivity index (χ4v) is 7.49. The molecule has 0 bridgehead atoms. The Balaban J connectivity index is 1.36. The third-order valence-corrected chi connectivity index (χ3v) is 10.3. The maximum absolute atomic E-state index is 15.4. The normalized spacial score (nSPS) is 17.0. The molecule has 0 saturated carbocycles. The Labute approximate surface area is 313 Å². The number of hydrogen-bond donors (Lipinski definition) is 1. The summed E-state index contributed by atoms with van der Waals surface area (Å²) < 4.78 is 22.2. The van der Waals surface area contributed by atoms with Crippen molar-refractivity contribution in [3.8, 4) is 34.1 Å². The first-order chi connectivity index (χ1) is 26.2. The van der Waals surface area contributed by atoms with Gasteiger partial charge in [0, 0.05) is 25.7 Å². The standard InChI is InChI=1S/C41H42N4O9/c1-42(33(23-43-19-7-8-20-43)28-13-11-27(12-14-28)26-9-5-4-6-10-26)40(48)38(44-31-17-15-29(51-2)21-34(31)53-24-36(44)46)39(41(49)50)45-32-18-16-30(52-3)22-35(32)54-25-37(45)47/h4-6,9-18,21-22,33,38-39H,7-8,19-20,23-25H2,1-3H3,(H,49,50). The van der Waals surface area contributed by atoms with Gasteiger partial charge in [-0.2, -0.15) is 0 Å². The van der Waals surface area contributed by atoms with Crippen LogP contribution in [0.3, 0.4) is 0 Å². The molecule has 7 rings (SSSR count). The molecule has 3 aliphatic rings. The smallest absolute Gasteiger partial charge is 0.329 e. The van der Waals surface area contributed by atoms with Gasteiger partial charge < -0.3 is 33.9 Å². The number of benzene rings is 4. The van der Waals surface area contributed by atoms with Gasteiger partial charge in [-0.25, -0.2) is 4.79 Å². The number of nitrogens with zero attached hydrogens (tertiary/aromatic N) is 4. The first-order valence-electron chi connectivity index (χ1n) is 17.8. The Morgan fingerprint density at radius 2 is 1.26 bits per heavy atom. The van der Waals surface area contributed by atoms with Crippen molar-refractivity contribution in [3.63, 3.8) is 0 Å². The fourth-order valence-electron chi connectivity index (χ4n) is 7.49. The topological polar surface area (TPSA) is 138 Å². The first-order valence-corrected chi connectivity index (χ1v) is 17.8. The summed E-state index contributed by atoms with van der Waals surface area (Å²) in [6.45, 7) is 1.21. The van der Waals surface area contributed by atoms with Gasteiger partial charge >= 0.3 is 5.97 Å². The number of likely N-dealkylation sites (N-methyl/N-ethyl adjacent to an activating group) is 1. The van der Waals surface area contributed by atoms with Gasteiger partial charge in [0.25, 0.3) is 11.8 Å². The van der Waals surface area contributed by atoms with E-state index in [1.165, 1.54) is 25.2 Å². The van der Waals surface area contributed by atoms with Crippen LogP contribution in [0.1, 0.15) is 24.4 Å². The summed E-state index contributed by atoms with van der Waals surface area (Å²) in [5.41, 5.74) is 3.18. The lowest BCUT2D eigenvalue weighted by Gasteiger charge is -2.44. The Hall–Kier alpha value is -6.08. The number of carboxylic acids is 1. The quantitative estimate of drug-likeness (QED) is 0.219. The average Bonchev–Trinajstić information content (AvgIpc) is 3.72. The van der Waals surface area contributed by atoms with Gasteiger partial charge in [-0.3, -0.25) is 24.2 Å². The Kier molecular flexibility index (Phi) is 10.4. The Morgan fingerprint density at radius 1 is 0.741 bits per heavy atom. The van der Waals surface area contributed by atoms with Crippen LogP contribution in [-0.4, -0.2) is 105 Å². The van der Waals surface area contributed by atoms with E-state index in [0.29, 0.717) is 18.0 Å². The minimum absolute atomic E-state index is 0.126. The van der Waals surface area contributed by atoms with Crippen LogP contribution >= 0.6 is 0 Å². The van der Waals surface area contributed by atoms with Crippen molar-refractivity contribution in [2.45, 2.75) is 31.0 Å². The molecule has 3 aliphatic heterocycles. The van der Waals surface area contributed by atoms with Gasteiger partial charge in [0.15, 0.2) is 19.3 Å². The molecule has 13 heteroatoms. The second-order valence-electron chi connectivity index (χ2n) is 13.5. The number of aliphatic carboxylic acids is 1. The van der Waals surface area contributed by atoms with Gasteiger partial charge in [-0.1, -0.05) is 54.6 Å². The highest BCUT2D eigenvalue weighted by atomic mass is 16.5. The molecule has 4 aromatic rings. The molecule has 280 valence electrons. The van der Waals surface area contributed by atoms with E-state index in [4.69, 9.17) is 18.9 Å². The SMILES string of the molecule is COc1ccc2c(c1)OCC(=O)N2C(C(=O)O)C(C(=O)N(C)C(CN1CCCC1)c1ccc(-c2ccccc2)cc1)N1C(=O)COc2cc(OC)ccc21. The molecule has 0 aromatic heterocycles. The Morgan fingerprint density at radius 3 is 1.78 bits per heavy atom. The van der Waals surface area contributed by atoms with Crippen molar-refractivity contribution in [2.75, 3.05) is 63.9 Å². The zero-order valence-corrected chi connectivity index (χ0v) is 30.3. The predicted molar refractivity (Wildman–Crippen MR) is 200 cm³/mol. The molecule has 0 spiro atoms. The van der Waals surface area contributed by atoms with E-state index in [9.17, 15) is 19.5 Å². The minimum atomic E-state index is -1.88. The molecule has 3 amide bonds. The Bertz CT molecular complexity index is 2030. The minimum Gasteiger partial charge on any atom is -0.497 e. The number of carbonyl (C=O) groups excluding carboxylic acids is 3. The van der Waals surface area contributed by atoms with Gasteiger partial charge in [0.1, 0.15) is 29.0 Å². The number of carboxylic acid groups (broad SMARTS) is 1. The van der Waals surface area contributed by atoms with Crippen LogP contribution in [-0.2, 0) is 19.2 Å². The summed E-state index contributed by atoms with van der Waals surface area (Å²) in [6, 6.07) is 23.1. The molecule has 0 aliphatic carbocycles. The molecule has 1 fully saturated rings. The number of anilines is 2. The zero-order valence-electron chi connectivity index (χ0n) is 30.3. The summed E-state index contributed by atoms with van der Waals surface area (Å²) >= 11 is 0. The van der Waals surface area contributed by atoms with Crippen LogP contribution < -0.4 is 28.7 Å². The third kappa shape index (κ3) is 7.02. The molecule has 1 saturated heterocycles. The number of rotatable bonds is 12. The number of amides is 3. The van der Waals surface area contributed by atoms with Gasteiger partial charge in [0.2, 0.25) is 5.91 Å². The maximum Gasteiger partial charge on any atom is 0.329 e. The highest BCUT2D eigenvalue weighted by Gasteiger charge is 2.51. The summed E-state index contributed by atoms with van der Waals surface area (Å²) in [7, 11) is 4.58. The molecule has 4 aromatic carbocycles. The lowest BCUT2D eigenvalue weighted by molar-refractivity contribution is -0.146. The lowest BCUT2D eigenvalue weighted by atomic mass is 9.96. The number of likely N-dealkylation sites (tertiary alicyclic amines) is 1. The average molecular weight is 735 g/mol. The highest BCUT2D eigenvalue weighted by molar-refractivity contribution is 6.10. The van der Waals surface area contributed by atoms with Crippen molar-refractivity contribution >= 4 is 35.1 Å². The summed E-state index contributed by atoms with van der Waals surface area (Å²) in [6.07, 6.45) is 2.04. The van der Waals surface area contributed by atoms with Crippen LogP contribution in [0.2, 0.25) is 0 Å². The first kappa shape index (κ1) is 36.3. The van der Waals surface area contributed by atoms with E-state index in [0.717, 1.165) is 52.4 Å². The van der Waals surface area contributed by atoms with Crippen molar-refractivity contribution in [1.82, 2.24) is 9.80 Å². The highest BCUT2D eigenvalue weighted by Crippen LogP contribution is 2.42. The number of hydrogen-bond acceptors (Lipinski definition) is 9. The van der Waals surface area contributed by atoms with Gasteiger partial charge in [-0.05, 0) is 66.9 Å². The lowest BCUT2D eigenvalue weighted by Crippen LogP contribution is -2.66. The molecular formula is C41H42N4O9. The number of carbonyl (C=O) groups is 4. The van der Waals surface area contributed by atoms with Crippen molar-refractivity contribution < 1.29 is 43.2 Å². The largest absolute Gasteiger partial charge is 0.497 e. The van der Waals surface area contributed by atoms with Crippen LogP contribution in [0.25, 0.3) is 11.1 Å². The molecule has 3 atom stereocenters. The third-order valence-electron chi connectivity index (χ3n) is 10.3. The maximum atomic E-state index is 15.4. The van der Waals surface area contributed by atoms with E-state index in [2.05, 4.69) is 4.90 Å². The van der Waals surface area contributed by atoms with E-state index in [-0.39, 0.29) is 22.9 Å². The summed E-state index contributed by atoms with van der Waals surface area (Å²) in [4.78, 5) is 62.9. The van der Waals surface area contributed by atoms with Crippen LogP contribution in [0.5, 0.6) is 23.0 Å². The van der Waals surface area contributed by atoms with Crippen LogP contribution in [0.4, 0.5) is 11.4 Å². The molecule has 3 unspecified atom stereocenters. The molecular weight excluding hydrogens is 692 g/mol. The number of methoxy groups -OCH3 is 2. The van der Waals surface area contributed by atoms with E-state index in [1.807, 2.05) is 54.6 Å². The van der Waals surface area contributed by atoms with E-state index in [1.54, 1.807) is 37.4 Å². The van der Waals surface area contributed by atoms with E-state index >= 15 is 4.79 Å². The predicted octanol–water partition coefficient (Wildman–Crippen LogP) is 4.64. The van der Waals surface area contributed by atoms with Gasteiger partial charge in [-0.15, -0.1) is 0 Å². The van der Waals surface area contributed by atoms with Crippen molar-refractivity contribution in [1.29, 1.82) is 0 Å². The molecule has 3 heterocycles. The second-order valence-corrected chi connectivity index (χ2v) is 13.5. The van der Waals surface area contributed by atoms with Crippen LogP contribution in [0.15, 0.2) is 91.0 Å². The number of fused-ring (bicyclic) bond motifs is 2. The number of ether oxygens (including phenoxy) is 4. The van der Waals surface area contributed by atoms with Gasteiger partial charge in [0.05, 0.1) is 31.6 Å². The van der Waals surface area contributed by atoms with Crippen molar-refractivity contribution in [2.24, 2.45) is 0 Å². The second kappa shape index (κ2) is 15.5.